The molecule has 1 fully saturated rings. The van der Waals surface area contributed by atoms with Crippen LogP contribution in [0.25, 0.3) is 0 Å². The second-order valence-corrected chi connectivity index (χ2v) is 5.39. The number of hydrogen-bond donors (Lipinski definition) is 1. The van der Waals surface area contributed by atoms with Crippen LogP contribution in [-0.2, 0) is 24.8 Å². The van der Waals surface area contributed by atoms with Crippen LogP contribution in [-0.4, -0.2) is 29.5 Å². The van der Waals surface area contributed by atoms with Crippen LogP contribution in [0.3, 0.4) is 0 Å². The van der Waals surface area contributed by atoms with Crippen molar-refractivity contribution in [2.75, 3.05) is 13.6 Å². The van der Waals surface area contributed by atoms with Crippen LogP contribution in [0.1, 0.15) is 31.2 Å². The molecule has 0 unspecified atom stereocenters. The highest BCUT2D eigenvalue weighted by Gasteiger charge is 2.29. The molecule has 5 heteroatoms. The van der Waals surface area contributed by atoms with Crippen LogP contribution in [0.15, 0.2) is 0 Å². The Hall–Kier alpha value is -0.580. The Morgan fingerprint density at radius 2 is 2.22 bits per heavy atom. The normalized spacial score (nSPS) is 23.1. The van der Waals surface area contributed by atoms with Crippen molar-refractivity contribution in [3.8, 4) is 0 Å². The molecule has 0 amide bonds. The first kappa shape index (κ1) is 13.8. The van der Waals surface area contributed by atoms with Gasteiger partial charge in [0.05, 0.1) is 29.1 Å². The van der Waals surface area contributed by atoms with E-state index in [0.29, 0.717) is 12.7 Å². The van der Waals surface area contributed by atoms with E-state index in [2.05, 4.69) is 17.3 Å². The summed E-state index contributed by atoms with van der Waals surface area (Å²) in [4.78, 5) is 0. The minimum atomic E-state index is 0.388. The molecule has 1 N–H and O–H groups in total. The van der Waals surface area contributed by atoms with Crippen LogP contribution < -0.4 is 5.32 Å². The van der Waals surface area contributed by atoms with Gasteiger partial charge in [-0.2, -0.15) is 5.10 Å². The van der Waals surface area contributed by atoms with Gasteiger partial charge in [-0.25, -0.2) is 0 Å². The van der Waals surface area contributed by atoms with Gasteiger partial charge in [-0.15, -0.1) is 0 Å². The smallest absolute Gasteiger partial charge is 0.0903 e. The molecule has 0 atom stereocenters. The highest BCUT2D eigenvalue weighted by atomic mass is 35.5. The molecule has 0 saturated heterocycles. The molecule has 1 heterocycles. The largest absolute Gasteiger partial charge is 0.372 e. The van der Waals surface area contributed by atoms with Crippen LogP contribution in [0, 0.1) is 5.92 Å². The molecule has 1 saturated carbocycles. The van der Waals surface area contributed by atoms with Crippen molar-refractivity contribution in [2.45, 2.75) is 38.9 Å². The van der Waals surface area contributed by atoms with Crippen molar-refractivity contribution in [3.63, 3.8) is 0 Å². The number of halogens is 1. The van der Waals surface area contributed by atoms with E-state index in [1.807, 2.05) is 18.8 Å². The molecule has 4 nitrogen and oxygen atoms in total. The topological polar surface area (TPSA) is 39.1 Å². The lowest BCUT2D eigenvalue weighted by atomic mass is 9.82. The molecule has 2 rings (SSSR count). The first-order chi connectivity index (χ1) is 8.65. The number of nitrogens with zero attached hydrogens (tertiary/aromatic N) is 2. The fourth-order valence-corrected chi connectivity index (χ4v) is 2.79. The predicted octanol–water partition coefficient (Wildman–Crippen LogP) is 2.15. The third-order valence-electron chi connectivity index (χ3n) is 3.64. The van der Waals surface area contributed by atoms with E-state index >= 15 is 0 Å². The Kier molecular flexibility index (Phi) is 4.65. The predicted molar refractivity (Wildman–Crippen MR) is 72.8 cm³/mol. The number of ether oxygens (including phenoxy) is 1. The van der Waals surface area contributed by atoms with Gasteiger partial charge in [0.15, 0.2) is 0 Å². The van der Waals surface area contributed by atoms with E-state index in [9.17, 15) is 0 Å². The molecule has 0 aromatic carbocycles. The maximum atomic E-state index is 6.28. The third kappa shape index (κ3) is 2.87. The first-order valence-electron chi connectivity index (χ1n) is 6.62. The molecule has 0 radical (unpaired) electrons. The molecule has 102 valence electrons. The van der Waals surface area contributed by atoms with E-state index in [1.165, 1.54) is 0 Å². The van der Waals surface area contributed by atoms with Crippen molar-refractivity contribution < 1.29 is 4.74 Å². The second kappa shape index (κ2) is 6.04. The summed E-state index contributed by atoms with van der Waals surface area (Å²) in [5.41, 5.74) is 1.95. The SMILES string of the molecule is CCc1nn(C)c(COC2CC(CNC)C2)c1Cl. The van der Waals surface area contributed by atoms with Gasteiger partial charge in [0.2, 0.25) is 0 Å². The number of rotatable bonds is 6. The number of nitrogens with one attached hydrogen (secondary N) is 1. The molecular weight excluding hydrogens is 250 g/mol. The van der Waals surface area contributed by atoms with Crippen molar-refractivity contribution in [3.05, 3.63) is 16.4 Å². The highest BCUT2D eigenvalue weighted by molar-refractivity contribution is 6.31. The summed E-state index contributed by atoms with van der Waals surface area (Å²) in [5, 5.41) is 8.36. The average Bonchev–Trinajstić information content (AvgIpc) is 2.58. The number of aromatic nitrogens is 2. The third-order valence-corrected chi connectivity index (χ3v) is 4.08. The van der Waals surface area contributed by atoms with E-state index in [1.54, 1.807) is 0 Å². The molecule has 1 aromatic rings. The lowest BCUT2D eigenvalue weighted by molar-refractivity contribution is -0.0411. The molecule has 18 heavy (non-hydrogen) atoms. The molecular formula is C13H22ClN3O. The van der Waals surface area contributed by atoms with Crippen molar-refractivity contribution in [1.29, 1.82) is 0 Å². The second-order valence-electron chi connectivity index (χ2n) is 5.01. The Labute approximate surface area is 114 Å². The van der Waals surface area contributed by atoms with Crippen LogP contribution in [0.2, 0.25) is 5.02 Å². The maximum Gasteiger partial charge on any atom is 0.0903 e. The van der Waals surface area contributed by atoms with Crippen LogP contribution in [0.5, 0.6) is 0 Å². The first-order valence-corrected chi connectivity index (χ1v) is 6.99. The maximum absolute atomic E-state index is 6.28. The fourth-order valence-electron chi connectivity index (χ4n) is 2.44. The van der Waals surface area contributed by atoms with Gasteiger partial charge in [-0.1, -0.05) is 18.5 Å². The Morgan fingerprint density at radius 1 is 1.50 bits per heavy atom. The van der Waals surface area contributed by atoms with E-state index in [4.69, 9.17) is 16.3 Å². The van der Waals surface area contributed by atoms with Gasteiger partial charge in [0.1, 0.15) is 0 Å². The summed E-state index contributed by atoms with van der Waals surface area (Å²) >= 11 is 6.28. The number of aryl methyl sites for hydroxylation is 2. The molecule has 1 aromatic heterocycles. The van der Waals surface area contributed by atoms with Crippen LogP contribution >= 0.6 is 11.6 Å². The van der Waals surface area contributed by atoms with Gasteiger partial charge in [0, 0.05) is 7.05 Å². The van der Waals surface area contributed by atoms with Gasteiger partial charge in [-0.05, 0) is 38.8 Å². The van der Waals surface area contributed by atoms with Crippen LogP contribution in [0.4, 0.5) is 0 Å². The molecule has 0 aliphatic heterocycles. The van der Waals surface area contributed by atoms with Gasteiger partial charge in [0.25, 0.3) is 0 Å². The summed E-state index contributed by atoms with van der Waals surface area (Å²) in [6, 6.07) is 0. The van der Waals surface area contributed by atoms with Gasteiger partial charge in [-0.3, -0.25) is 4.68 Å². The minimum Gasteiger partial charge on any atom is -0.372 e. The molecule has 1 aliphatic rings. The quantitative estimate of drug-likeness (QED) is 0.862. The zero-order valence-corrected chi connectivity index (χ0v) is 12.1. The molecule has 0 spiro atoms. The molecule has 1 aliphatic carbocycles. The summed E-state index contributed by atoms with van der Waals surface area (Å²) < 4.78 is 7.73. The zero-order chi connectivity index (χ0) is 13.1. The summed E-state index contributed by atoms with van der Waals surface area (Å²) in [6.07, 6.45) is 3.55. The lowest BCUT2D eigenvalue weighted by Crippen LogP contribution is -2.36. The summed E-state index contributed by atoms with van der Waals surface area (Å²) in [5.74, 6) is 0.771. The van der Waals surface area contributed by atoms with E-state index in [-0.39, 0.29) is 0 Å². The Bertz CT molecular complexity index is 399. The molecule has 0 bridgehead atoms. The Morgan fingerprint density at radius 3 is 2.78 bits per heavy atom. The lowest BCUT2D eigenvalue weighted by Gasteiger charge is -2.35. The van der Waals surface area contributed by atoms with Crippen molar-refractivity contribution >= 4 is 11.6 Å². The average molecular weight is 272 g/mol. The van der Waals surface area contributed by atoms with Crippen molar-refractivity contribution in [2.24, 2.45) is 13.0 Å². The zero-order valence-electron chi connectivity index (χ0n) is 11.4. The highest BCUT2D eigenvalue weighted by Crippen LogP contribution is 2.31. The Balaban J connectivity index is 1.83. The van der Waals surface area contributed by atoms with Gasteiger partial charge < -0.3 is 10.1 Å². The monoisotopic (exact) mass is 271 g/mol. The summed E-state index contributed by atoms with van der Waals surface area (Å²) in [7, 11) is 3.92. The number of hydrogen-bond acceptors (Lipinski definition) is 3. The minimum absolute atomic E-state index is 0.388. The standard InChI is InChI=1S/C13H22ClN3O/c1-4-11-13(14)12(17(3)16-11)8-18-10-5-9(6-10)7-15-2/h9-10,15H,4-8H2,1-3H3. The van der Waals surface area contributed by atoms with Gasteiger partial charge >= 0.3 is 0 Å². The van der Waals surface area contributed by atoms with E-state index in [0.717, 1.165) is 48.1 Å². The van der Waals surface area contributed by atoms with E-state index < -0.39 is 0 Å². The fraction of sp³-hybridized carbons (Fsp3) is 0.769. The summed E-state index contributed by atoms with van der Waals surface area (Å²) in [6.45, 7) is 3.72. The van der Waals surface area contributed by atoms with Crippen molar-refractivity contribution in [1.82, 2.24) is 15.1 Å².